The number of unbranched alkanes of at least 4 members (excludes halogenated alkanes) is 2. The van der Waals surface area contributed by atoms with E-state index in [2.05, 4.69) is 5.32 Å². The van der Waals surface area contributed by atoms with Crippen molar-refractivity contribution in [1.82, 2.24) is 5.32 Å². The summed E-state index contributed by atoms with van der Waals surface area (Å²) in [6, 6.07) is 6.58. The Kier molecular flexibility index (Phi) is 10.5. The van der Waals surface area contributed by atoms with E-state index < -0.39 is 21.8 Å². The van der Waals surface area contributed by atoms with Gasteiger partial charge in [-0.05, 0) is 65.5 Å². The van der Waals surface area contributed by atoms with E-state index in [9.17, 15) is 13.2 Å². The van der Waals surface area contributed by atoms with E-state index in [0.717, 1.165) is 24.8 Å². The smallest absolute Gasteiger partial charge is 0.407 e. The van der Waals surface area contributed by atoms with Gasteiger partial charge in [0.1, 0.15) is 5.60 Å². The fraction of sp³-hybridized carbons (Fsp3) is 0.650. The van der Waals surface area contributed by atoms with Gasteiger partial charge < -0.3 is 14.8 Å². The van der Waals surface area contributed by atoms with Crippen LogP contribution >= 0.6 is 0 Å². The molecule has 8 heteroatoms. The van der Waals surface area contributed by atoms with Crippen molar-refractivity contribution in [2.75, 3.05) is 26.4 Å². The maximum Gasteiger partial charge on any atom is 0.407 e. The fourth-order valence-electron chi connectivity index (χ4n) is 2.18. The van der Waals surface area contributed by atoms with E-state index in [1.807, 2.05) is 27.7 Å². The minimum absolute atomic E-state index is 0.138. The monoisotopic (exact) mass is 415 g/mol. The van der Waals surface area contributed by atoms with Crippen LogP contribution in [0.5, 0.6) is 0 Å². The summed E-state index contributed by atoms with van der Waals surface area (Å²) in [5.41, 5.74) is 0.507. The molecule has 0 fully saturated rings. The quantitative estimate of drug-likeness (QED) is 0.412. The SMILES string of the molecule is Cc1ccc(S(=O)(=O)OCCCCOCCCCNC(=O)OC(C)(C)C)cc1. The van der Waals surface area contributed by atoms with E-state index >= 15 is 0 Å². The predicted octanol–water partition coefficient (Wildman–Crippen LogP) is 3.80. The molecule has 0 spiro atoms. The Hall–Kier alpha value is -1.64. The van der Waals surface area contributed by atoms with Gasteiger partial charge in [-0.25, -0.2) is 4.79 Å². The second kappa shape index (κ2) is 12.0. The summed E-state index contributed by atoms with van der Waals surface area (Å²) in [6.45, 7) is 9.19. The number of rotatable bonds is 12. The van der Waals surface area contributed by atoms with Gasteiger partial charge in [-0.15, -0.1) is 0 Å². The van der Waals surface area contributed by atoms with E-state index in [1.165, 1.54) is 0 Å². The summed E-state index contributed by atoms with van der Waals surface area (Å²) in [5.74, 6) is 0. The molecule has 0 aromatic heterocycles. The number of hydrogen-bond acceptors (Lipinski definition) is 6. The Morgan fingerprint density at radius 3 is 2.14 bits per heavy atom. The highest BCUT2D eigenvalue weighted by Gasteiger charge is 2.15. The lowest BCUT2D eigenvalue weighted by Crippen LogP contribution is -2.33. The van der Waals surface area contributed by atoms with Gasteiger partial charge in [0.2, 0.25) is 0 Å². The van der Waals surface area contributed by atoms with Crippen LogP contribution in [0, 0.1) is 6.92 Å². The molecule has 7 nitrogen and oxygen atoms in total. The number of benzene rings is 1. The normalized spacial score (nSPS) is 12.0. The Bertz CT molecular complexity index is 680. The third kappa shape index (κ3) is 11.3. The van der Waals surface area contributed by atoms with E-state index in [-0.39, 0.29) is 11.5 Å². The largest absolute Gasteiger partial charge is 0.444 e. The molecule has 0 saturated carbocycles. The van der Waals surface area contributed by atoms with Gasteiger partial charge in [-0.2, -0.15) is 8.42 Å². The number of ether oxygens (including phenoxy) is 2. The van der Waals surface area contributed by atoms with Crippen LogP contribution < -0.4 is 5.32 Å². The highest BCUT2D eigenvalue weighted by atomic mass is 32.2. The standard InChI is InChI=1S/C20H33NO6S/c1-17-9-11-18(12-10-17)28(23,24)26-16-8-7-15-25-14-6-5-13-21-19(22)27-20(2,3)4/h9-12H,5-8,13-16H2,1-4H3,(H,21,22). The molecule has 1 aromatic carbocycles. The second-order valence-corrected chi connectivity index (χ2v) is 9.16. The molecule has 0 aliphatic rings. The number of alkyl carbamates (subject to hydrolysis) is 1. The molecule has 28 heavy (non-hydrogen) atoms. The van der Waals surface area contributed by atoms with Crippen molar-refractivity contribution in [1.29, 1.82) is 0 Å². The summed E-state index contributed by atoms with van der Waals surface area (Å²) in [7, 11) is -3.69. The van der Waals surface area contributed by atoms with Crippen LogP contribution in [0.3, 0.4) is 0 Å². The number of nitrogens with one attached hydrogen (secondary N) is 1. The maximum absolute atomic E-state index is 12.0. The molecule has 0 aliphatic carbocycles. The number of amides is 1. The lowest BCUT2D eigenvalue weighted by Gasteiger charge is -2.19. The van der Waals surface area contributed by atoms with Gasteiger partial charge in [0, 0.05) is 19.8 Å². The van der Waals surface area contributed by atoms with E-state index in [4.69, 9.17) is 13.7 Å². The van der Waals surface area contributed by atoms with Gasteiger partial charge in [0.05, 0.1) is 11.5 Å². The van der Waals surface area contributed by atoms with Gasteiger partial charge >= 0.3 is 6.09 Å². The first-order valence-electron chi connectivity index (χ1n) is 9.61. The highest BCUT2D eigenvalue weighted by Crippen LogP contribution is 2.13. The van der Waals surface area contributed by atoms with Crippen molar-refractivity contribution in [3.05, 3.63) is 29.8 Å². The van der Waals surface area contributed by atoms with Crippen molar-refractivity contribution < 1.29 is 26.9 Å². The molecule has 1 amide bonds. The van der Waals surface area contributed by atoms with Gasteiger partial charge in [0.15, 0.2) is 0 Å². The zero-order valence-electron chi connectivity index (χ0n) is 17.3. The summed E-state index contributed by atoms with van der Waals surface area (Å²) < 4.78 is 39.7. The van der Waals surface area contributed by atoms with E-state index in [0.29, 0.717) is 26.2 Å². The minimum atomic E-state index is -3.69. The third-order valence-electron chi connectivity index (χ3n) is 3.61. The summed E-state index contributed by atoms with van der Waals surface area (Å²) in [6.07, 6.45) is 2.55. The second-order valence-electron chi connectivity index (χ2n) is 7.54. The van der Waals surface area contributed by atoms with Crippen LogP contribution in [0.15, 0.2) is 29.2 Å². The number of carbonyl (C=O) groups is 1. The molecule has 0 radical (unpaired) electrons. The average molecular weight is 416 g/mol. The molecule has 1 N–H and O–H groups in total. The molecule has 0 atom stereocenters. The first kappa shape index (κ1) is 24.4. The molecule has 160 valence electrons. The van der Waals surface area contributed by atoms with Crippen molar-refractivity contribution in [2.45, 2.75) is 63.9 Å². The molecular formula is C20H33NO6S. The number of carbonyl (C=O) groups excluding carboxylic acids is 1. The third-order valence-corrected chi connectivity index (χ3v) is 4.94. The lowest BCUT2D eigenvalue weighted by molar-refractivity contribution is 0.0524. The summed E-state index contributed by atoms with van der Waals surface area (Å²) in [4.78, 5) is 11.6. The predicted molar refractivity (Wildman–Crippen MR) is 108 cm³/mol. The Morgan fingerprint density at radius 2 is 1.54 bits per heavy atom. The van der Waals surface area contributed by atoms with Crippen LogP contribution in [-0.4, -0.2) is 46.5 Å². The van der Waals surface area contributed by atoms with Crippen molar-refractivity contribution in [2.24, 2.45) is 0 Å². The molecule has 0 heterocycles. The maximum atomic E-state index is 12.0. The Balaban J connectivity index is 1.99. The highest BCUT2D eigenvalue weighted by molar-refractivity contribution is 7.86. The first-order valence-corrected chi connectivity index (χ1v) is 11.0. The van der Waals surface area contributed by atoms with E-state index in [1.54, 1.807) is 24.3 Å². The van der Waals surface area contributed by atoms with Gasteiger partial charge in [-0.3, -0.25) is 4.18 Å². The van der Waals surface area contributed by atoms with Crippen LogP contribution in [0.2, 0.25) is 0 Å². The summed E-state index contributed by atoms with van der Waals surface area (Å²) >= 11 is 0. The molecule has 0 bridgehead atoms. The molecule has 0 aliphatic heterocycles. The zero-order valence-corrected chi connectivity index (χ0v) is 18.1. The van der Waals surface area contributed by atoms with Crippen molar-refractivity contribution >= 4 is 16.2 Å². The van der Waals surface area contributed by atoms with Crippen molar-refractivity contribution in [3.8, 4) is 0 Å². The lowest BCUT2D eigenvalue weighted by atomic mass is 10.2. The van der Waals surface area contributed by atoms with Crippen LogP contribution in [0.4, 0.5) is 4.79 Å². The molecule has 1 rings (SSSR count). The van der Waals surface area contributed by atoms with Crippen LogP contribution in [0.1, 0.15) is 52.0 Å². The van der Waals surface area contributed by atoms with Crippen molar-refractivity contribution in [3.63, 3.8) is 0 Å². The number of aryl methyl sites for hydroxylation is 1. The molecule has 0 saturated heterocycles. The first-order chi connectivity index (χ1) is 13.1. The summed E-state index contributed by atoms with van der Waals surface area (Å²) in [5, 5.41) is 2.70. The molecule has 0 unspecified atom stereocenters. The van der Waals surface area contributed by atoms with Crippen LogP contribution in [0.25, 0.3) is 0 Å². The topological polar surface area (TPSA) is 90.9 Å². The Morgan fingerprint density at radius 1 is 0.964 bits per heavy atom. The minimum Gasteiger partial charge on any atom is -0.444 e. The molecule has 1 aromatic rings. The zero-order chi connectivity index (χ0) is 21.0. The van der Waals surface area contributed by atoms with Crippen LogP contribution in [-0.2, 0) is 23.8 Å². The van der Waals surface area contributed by atoms with Gasteiger partial charge in [0.25, 0.3) is 10.1 Å². The number of hydrogen-bond donors (Lipinski definition) is 1. The van der Waals surface area contributed by atoms with Gasteiger partial charge in [-0.1, -0.05) is 17.7 Å². The fourth-order valence-corrected chi connectivity index (χ4v) is 3.13. The average Bonchev–Trinajstić information content (AvgIpc) is 2.58. The Labute approximate surface area is 168 Å². The molecular weight excluding hydrogens is 382 g/mol.